The van der Waals surface area contributed by atoms with Crippen LogP contribution in [0, 0.1) is 0 Å². The van der Waals surface area contributed by atoms with Gasteiger partial charge in [-0.1, -0.05) is 99.2 Å². The molecule has 0 unspecified atom stereocenters. The van der Waals surface area contributed by atoms with Crippen molar-refractivity contribution in [3.8, 4) is 0 Å². The van der Waals surface area contributed by atoms with Crippen LogP contribution in [0.15, 0.2) is 122 Å². The Morgan fingerprint density at radius 1 is 0.561 bits per heavy atom. The number of benzene rings is 2. The average Bonchev–Trinajstić information content (AvgIpc) is 4.22. The quantitative estimate of drug-likeness (QED) is 0.128. The Labute approximate surface area is 397 Å². The lowest BCUT2D eigenvalue weighted by atomic mass is 9.95. The summed E-state index contributed by atoms with van der Waals surface area (Å²) < 4.78 is 8.10. The summed E-state index contributed by atoms with van der Waals surface area (Å²) in [5.41, 5.74) is 4.58. The highest BCUT2D eigenvalue weighted by molar-refractivity contribution is 6.28. The molecule has 6 aromatic heterocycles. The number of aromatic nitrogens is 10. The van der Waals surface area contributed by atoms with Crippen LogP contribution in [0.25, 0.3) is 11.0 Å². The van der Waals surface area contributed by atoms with E-state index in [9.17, 15) is 0 Å². The van der Waals surface area contributed by atoms with Crippen LogP contribution in [0.1, 0.15) is 125 Å². The van der Waals surface area contributed by atoms with Gasteiger partial charge in [-0.15, -0.1) is 22.6 Å². The first-order valence-electron chi connectivity index (χ1n) is 23.7. The van der Waals surface area contributed by atoms with Gasteiger partial charge in [-0.3, -0.25) is 0 Å². The third-order valence-corrected chi connectivity index (χ3v) is 13.5. The fraction of sp³-hybridized carbons (Fsp3) is 0.400. The minimum absolute atomic E-state index is 0. The first-order chi connectivity index (χ1) is 32.1. The van der Waals surface area contributed by atoms with E-state index < -0.39 is 0 Å². The molecule has 8 heterocycles. The van der Waals surface area contributed by atoms with Crippen LogP contribution in [-0.2, 0) is 0 Å². The highest BCUT2D eigenvalue weighted by Crippen LogP contribution is 2.36. The van der Waals surface area contributed by atoms with E-state index in [4.69, 9.17) is 21.7 Å². The second kappa shape index (κ2) is 21.6. The molecule has 0 amide bonds. The Kier molecular flexibility index (Phi) is 14.8. The van der Waals surface area contributed by atoms with Crippen molar-refractivity contribution in [3.05, 3.63) is 139 Å². The number of nitrogens with zero attached hydrogens (tertiary/aromatic N) is 11. The summed E-state index contributed by atoms with van der Waals surface area (Å²) in [5, 5.41) is 19.4. The summed E-state index contributed by atoms with van der Waals surface area (Å²) in [6.45, 7) is 2.14. The lowest BCUT2D eigenvalue weighted by molar-refractivity contribution is 0.353. The van der Waals surface area contributed by atoms with E-state index in [1.165, 1.54) is 94.7 Å². The molecule has 66 heavy (non-hydrogen) atoms. The normalized spacial score (nSPS) is 18.9. The molecular weight excluding hydrogens is 868 g/mol. The topological polar surface area (TPSA) is 135 Å². The molecule has 4 aliphatic rings. The third-order valence-electron chi connectivity index (χ3n) is 13.4. The highest BCUT2D eigenvalue weighted by atomic mass is 35.5. The van der Waals surface area contributed by atoms with Gasteiger partial charge < -0.3 is 30.0 Å². The third kappa shape index (κ3) is 10.7. The van der Waals surface area contributed by atoms with Gasteiger partial charge in [0, 0.05) is 49.5 Å². The Hall–Kier alpha value is -5.96. The van der Waals surface area contributed by atoms with Crippen LogP contribution >= 0.6 is 24.0 Å². The number of anilines is 5. The van der Waals surface area contributed by atoms with Crippen molar-refractivity contribution in [2.45, 2.75) is 114 Å². The SMILES string of the molecule is Cl.Clc1nc(Nc2cn(C3CCCCC3)cn2)c2cccn2n1.c1ccc([C@@H]2CCCN2)cc1.c1ccc([C@@H]2CCCN2c2nc(Nc3cn(C4CCCCC4)cn3)c3cccn3n2)cc1. The van der Waals surface area contributed by atoms with Gasteiger partial charge >= 0.3 is 0 Å². The second-order valence-corrected chi connectivity index (χ2v) is 18.1. The predicted octanol–water partition coefficient (Wildman–Crippen LogP) is 11.9. The number of fused-ring (bicyclic) bond motifs is 2. The molecule has 0 bridgehead atoms. The zero-order valence-corrected chi connectivity index (χ0v) is 38.9. The minimum Gasteiger partial charge on any atom is -0.332 e. The maximum absolute atomic E-state index is 5.97. The summed E-state index contributed by atoms with van der Waals surface area (Å²) in [7, 11) is 0. The van der Waals surface area contributed by atoms with E-state index in [0.717, 1.165) is 53.8 Å². The standard InChI is InChI=1S/C25H29N7.C15H17ClN6.C10H13N.ClH/c1-3-9-19(10-4-1)21-13-7-15-31(21)25-28-24(22-14-8-16-32(22)29-25)27-23-17-30(18-26-23)20-11-5-2-6-12-20;16-15-19-14(12-7-4-8-22(12)20-15)18-13-9-21(10-17-13)11-5-2-1-3-6-11;1-2-5-9(6-3-1)10-7-4-8-11-10;/h1,3-4,8-10,14,16-18,20-21H,2,5-7,11-13,15H2,(H,27,28,29);4,7-11H,1-3,5-6H2,(H,18,19,20);1-3,5-6,10-11H,4,7-8H2;1H/t21-;;10-;/m0.0./s1. The van der Waals surface area contributed by atoms with Gasteiger partial charge in [0.05, 0.1) is 18.7 Å². The predicted molar refractivity (Wildman–Crippen MR) is 266 cm³/mol. The van der Waals surface area contributed by atoms with E-state index in [2.05, 4.69) is 117 Å². The van der Waals surface area contributed by atoms with E-state index in [1.807, 2.05) is 60.0 Å². The highest BCUT2D eigenvalue weighted by Gasteiger charge is 2.29. The molecule has 2 saturated heterocycles. The van der Waals surface area contributed by atoms with Crippen molar-refractivity contribution in [1.82, 2.24) is 53.6 Å². The van der Waals surface area contributed by atoms with Crippen molar-refractivity contribution >= 4 is 64.3 Å². The van der Waals surface area contributed by atoms with Gasteiger partial charge in [-0.25, -0.2) is 19.0 Å². The molecule has 14 nitrogen and oxygen atoms in total. The summed E-state index contributed by atoms with van der Waals surface area (Å²) in [6, 6.07) is 31.3. The molecule has 344 valence electrons. The molecule has 2 atom stereocenters. The molecule has 4 fully saturated rings. The molecule has 0 spiro atoms. The number of hydrogen-bond donors (Lipinski definition) is 3. The molecule has 8 aromatic rings. The lowest BCUT2D eigenvalue weighted by Gasteiger charge is -2.25. The van der Waals surface area contributed by atoms with E-state index in [-0.39, 0.29) is 17.7 Å². The van der Waals surface area contributed by atoms with E-state index in [0.29, 0.717) is 30.0 Å². The van der Waals surface area contributed by atoms with Crippen LogP contribution in [0.3, 0.4) is 0 Å². The first kappa shape index (κ1) is 45.2. The summed E-state index contributed by atoms with van der Waals surface area (Å²) >= 11 is 5.97. The number of hydrogen-bond acceptors (Lipinski definition) is 10. The maximum Gasteiger partial charge on any atom is 0.246 e. The summed E-state index contributed by atoms with van der Waals surface area (Å²) in [5.74, 6) is 3.84. The fourth-order valence-electron chi connectivity index (χ4n) is 10.0. The molecule has 0 radical (unpaired) electrons. The Morgan fingerprint density at radius 3 is 1.70 bits per heavy atom. The lowest BCUT2D eigenvalue weighted by Crippen LogP contribution is -2.25. The van der Waals surface area contributed by atoms with Crippen LogP contribution < -0.4 is 20.9 Å². The molecule has 2 aliphatic heterocycles. The summed E-state index contributed by atoms with van der Waals surface area (Å²) in [6.07, 6.45) is 29.6. The van der Waals surface area contributed by atoms with Gasteiger partial charge in [0.2, 0.25) is 11.2 Å². The van der Waals surface area contributed by atoms with E-state index in [1.54, 1.807) is 4.52 Å². The number of rotatable bonds is 9. The van der Waals surface area contributed by atoms with Crippen molar-refractivity contribution in [2.75, 3.05) is 28.6 Å². The molecular formula is C50H60Cl2N14. The van der Waals surface area contributed by atoms with Crippen molar-refractivity contribution in [2.24, 2.45) is 0 Å². The Balaban J connectivity index is 0.000000139. The second-order valence-electron chi connectivity index (χ2n) is 17.7. The Morgan fingerprint density at radius 2 is 1.12 bits per heavy atom. The zero-order chi connectivity index (χ0) is 43.8. The van der Waals surface area contributed by atoms with Gasteiger partial charge in [-0.2, -0.15) is 9.97 Å². The largest absolute Gasteiger partial charge is 0.332 e. The van der Waals surface area contributed by atoms with Gasteiger partial charge in [0.25, 0.3) is 0 Å². The zero-order valence-electron chi connectivity index (χ0n) is 37.4. The Bertz CT molecular complexity index is 2730. The smallest absolute Gasteiger partial charge is 0.246 e. The van der Waals surface area contributed by atoms with Crippen LogP contribution in [0.4, 0.5) is 29.2 Å². The molecule has 3 N–H and O–H groups in total. The molecule has 12 rings (SSSR count). The number of imidazole rings is 2. The maximum atomic E-state index is 5.97. The molecule has 2 aromatic carbocycles. The monoisotopic (exact) mass is 926 g/mol. The first-order valence-corrected chi connectivity index (χ1v) is 24.1. The molecule has 16 heteroatoms. The molecule has 2 aliphatic carbocycles. The minimum atomic E-state index is 0. The fourth-order valence-corrected chi connectivity index (χ4v) is 10.2. The van der Waals surface area contributed by atoms with Gasteiger partial charge in [0.1, 0.15) is 22.7 Å². The number of nitrogens with one attached hydrogen (secondary N) is 3. The average molecular weight is 928 g/mol. The van der Waals surface area contributed by atoms with Crippen LogP contribution in [0.2, 0.25) is 5.28 Å². The summed E-state index contributed by atoms with van der Waals surface area (Å²) in [4.78, 5) is 20.7. The van der Waals surface area contributed by atoms with E-state index >= 15 is 0 Å². The van der Waals surface area contributed by atoms with Crippen molar-refractivity contribution in [3.63, 3.8) is 0 Å². The van der Waals surface area contributed by atoms with Crippen LogP contribution in [-0.4, -0.2) is 61.4 Å². The van der Waals surface area contributed by atoms with Crippen LogP contribution in [0.5, 0.6) is 0 Å². The van der Waals surface area contributed by atoms with Gasteiger partial charge in [-0.05, 0) is 105 Å². The molecule has 2 saturated carbocycles. The van der Waals surface area contributed by atoms with Gasteiger partial charge in [0.15, 0.2) is 11.6 Å². The van der Waals surface area contributed by atoms with Crippen molar-refractivity contribution < 1.29 is 0 Å². The number of halogens is 2. The van der Waals surface area contributed by atoms with Crippen molar-refractivity contribution in [1.29, 1.82) is 0 Å².